The van der Waals surface area contributed by atoms with E-state index in [1.165, 1.54) is 31.5 Å². The number of anilines is 3. The smallest absolute Gasteiger partial charge is 0.262 e. The van der Waals surface area contributed by atoms with Crippen LogP contribution in [0.5, 0.6) is 0 Å². The number of nitrogens with zero attached hydrogens (tertiary/aromatic N) is 5. The van der Waals surface area contributed by atoms with Crippen LogP contribution < -0.4 is 10.0 Å². The first-order chi connectivity index (χ1) is 19.2. The minimum absolute atomic E-state index is 0.0137. The average molecular weight is 578 g/mol. The van der Waals surface area contributed by atoms with Crippen molar-refractivity contribution in [3.63, 3.8) is 0 Å². The fourth-order valence-corrected chi connectivity index (χ4v) is 5.80. The second kappa shape index (κ2) is 9.81. The van der Waals surface area contributed by atoms with E-state index in [0.29, 0.717) is 11.3 Å². The van der Waals surface area contributed by atoms with E-state index in [0.717, 1.165) is 23.2 Å². The zero-order chi connectivity index (χ0) is 28.0. The number of nitrogens with one attached hydrogen (secondary N) is 2. The predicted octanol–water partition coefficient (Wildman–Crippen LogP) is 6.15. The summed E-state index contributed by atoms with van der Waals surface area (Å²) < 4.78 is 60.4. The van der Waals surface area contributed by atoms with E-state index < -0.39 is 33.0 Å². The Morgan fingerprint density at radius 3 is 2.58 bits per heavy atom. The number of aromatic nitrogens is 5. The third kappa shape index (κ3) is 4.46. The number of fused-ring (bicyclic) bond motifs is 2. The van der Waals surface area contributed by atoms with Crippen LogP contribution in [0, 0.1) is 18.6 Å². The molecule has 200 valence electrons. The summed E-state index contributed by atoms with van der Waals surface area (Å²) in [5.41, 5.74) is 1.43. The number of hydrogen-bond acceptors (Lipinski definition) is 7. The zero-order valence-electron chi connectivity index (χ0n) is 20.6. The molecule has 0 fully saturated rings. The van der Waals surface area contributed by atoms with E-state index in [-0.39, 0.29) is 26.8 Å². The largest absolute Gasteiger partial charge is 0.333 e. The number of benzene rings is 3. The van der Waals surface area contributed by atoms with E-state index in [1.807, 2.05) is 24.3 Å². The molecule has 0 aliphatic carbocycles. The van der Waals surface area contributed by atoms with Crippen molar-refractivity contribution in [2.45, 2.75) is 11.8 Å². The van der Waals surface area contributed by atoms with Crippen LogP contribution in [0.15, 0.2) is 84.3 Å². The molecule has 40 heavy (non-hydrogen) atoms. The zero-order valence-corrected chi connectivity index (χ0v) is 22.2. The van der Waals surface area contributed by atoms with Crippen molar-refractivity contribution < 1.29 is 17.2 Å². The van der Waals surface area contributed by atoms with Crippen LogP contribution in [0.25, 0.3) is 27.9 Å². The normalized spacial score (nSPS) is 11.7. The molecule has 3 aromatic heterocycles. The van der Waals surface area contributed by atoms with Gasteiger partial charge in [-0.1, -0.05) is 29.8 Å². The summed E-state index contributed by atoms with van der Waals surface area (Å²) in [5, 5.41) is 2.87. The number of pyridine rings is 1. The molecule has 0 spiro atoms. The lowest BCUT2D eigenvalue weighted by molar-refractivity contribution is 0.588. The standard InChI is InChI=1S/C27H18ClF2N7O2S/c1-15-16(28)5-4-8-22(15)40(38,39)36-19-10-9-17(29)25(24(19)30)35-27-26-20(31-13-32-27)11-12-23(34-26)37-14-33-18-6-2-3-7-21(18)37/h2-14,36H,1H3,(H,31,32,35). The molecular weight excluding hydrogens is 560 g/mol. The lowest BCUT2D eigenvalue weighted by Crippen LogP contribution is -2.16. The van der Waals surface area contributed by atoms with Gasteiger partial charge in [0.15, 0.2) is 11.6 Å². The maximum absolute atomic E-state index is 15.6. The van der Waals surface area contributed by atoms with Gasteiger partial charge in [-0.05, 0) is 61.0 Å². The van der Waals surface area contributed by atoms with E-state index in [4.69, 9.17) is 11.6 Å². The highest BCUT2D eigenvalue weighted by Gasteiger charge is 2.23. The van der Waals surface area contributed by atoms with Gasteiger partial charge in [-0.25, -0.2) is 37.1 Å². The lowest BCUT2D eigenvalue weighted by Gasteiger charge is -2.15. The summed E-state index contributed by atoms with van der Waals surface area (Å²) in [6, 6.07) is 17.2. The molecule has 0 bridgehead atoms. The van der Waals surface area contributed by atoms with Crippen LogP contribution in [-0.4, -0.2) is 32.9 Å². The van der Waals surface area contributed by atoms with E-state index in [1.54, 1.807) is 23.0 Å². The summed E-state index contributed by atoms with van der Waals surface area (Å²) in [6.45, 7) is 1.53. The highest BCUT2D eigenvalue weighted by atomic mass is 35.5. The topological polar surface area (TPSA) is 115 Å². The van der Waals surface area contributed by atoms with Crippen LogP contribution in [-0.2, 0) is 10.0 Å². The molecule has 0 saturated heterocycles. The van der Waals surface area contributed by atoms with Crippen molar-refractivity contribution in [2.75, 3.05) is 10.0 Å². The van der Waals surface area contributed by atoms with Crippen LogP contribution in [0.4, 0.5) is 26.0 Å². The van der Waals surface area contributed by atoms with E-state index in [2.05, 4.69) is 30.0 Å². The SMILES string of the molecule is Cc1c(Cl)cccc1S(=O)(=O)Nc1ccc(F)c(Nc2ncnc3ccc(-n4cnc5ccccc54)nc23)c1F. The molecule has 6 aromatic rings. The highest BCUT2D eigenvalue weighted by Crippen LogP contribution is 2.32. The van der Waals surface area contributed by atoms with Gasteiger partial charge >= 0.3 is 0 Å². The Kier molecular flexibility index (Phi) is 6.28. The summed E-state index contributed by atoms with van der Waals surface area (Å²) in [6.07, 6.45) is 2.84. The van der Waals surface area contributed by atoms with Gasteiger partial charge < -0.3 is 5.32 Å². The summed E-state index contributed by atoms with van der Waals surface area (Å²) in [5.74, 6) is -1.65. The number of halogens is 3. The molecule has 0 radical (unpaired) electrons. The van der Waals surface area contributed by atoms with Gasteiger partial charge in [-0.3, -0.25) is 9.29 Å². The van der Waals surface area contributed by atoms with Gasteiger partial charge in [0.2, 0.25) is 0 Å². The van der Waals surface area contributed by atoms with Gasteiger partial charge in [-0.2, -0.15) is 0 Å². The third-order valence-corrected chi connectivity index (χ3v) is 8.17. The first-order valence-electron chi connectivity index (χ1n) is 11.8. The summed E-state index contributed by atoms with van der Waals surface area (Å²) in [7, 11) is -4.25. The van der Waals surface area contributed by atoms with Crippen molar-refractivity contribution in [1.82, 2.24) is 24.5 Å². The Balaban J connectivity index is 1.39. The van der Waals surface area contributed by atoms with Crippen LogP contribution in [0.3, 0.4) is 0 Å². The fourth-order valence-electron chi connectivity index (χ4n) is 4.24. The molecule has 0 unspecified atom stereocenters. The molecule has 0 atom stereocenters. The predicted molar refractivity (Wildman–Crippen MR) is 149 cm³/mol. The summed E-state index contributed by atoms with van der Waals surface area (Å²) in [4.78, 5) is 17.2. The van der Waals surface area contributed by atoms with Crippen molar-refractivity contribution in [2.24, 2.45) is 0 Å². The van der Waals surface area contributed by atoms with Crippen LogP contribution >= 0.6 is 11.6 Å². The van der Waals surface area contributed by atoms with Crippen molar-refractivity contribution in [3.05, 3.63) is 102 Å². The molecule has 3 aromatic carbocycles. The van der Waals surface area contributed by atoms with Gasteiger partial charge in [0, 0.05) is 5.02 Å². The van der Waals surface area contributed by atoms with Gasteiger partial charge in [-0.15, -0.1) is 0 Å². The molecular formula is C27H18ClF2N7O2S. The molecule has 0 saturated carbocycles. The third-order valence-electron chi connectivity index (χ3n) is 6.25. The van der Waals surface area contributed by atoms with Crippen molar-refractivity contribution in [1.29, 1.82) is 0 Å². The second-order valence-corrected chi connectivity index (χ2v) is 10.8. The van der Waals surface area contributed by atoms with Crippen molar-refractivity contribution in [3.8, 4) is 5.82 Å². The quantitative estimate of drug-likeness (QED) is 0.244. The number of para-hydroxylation sites is 2. The van der Waals surface area contributed by atoms with Crippen LogP contribution in [0.2, 0.25) is 5.02 Å². The average Bonchev–Trinajstić information content (AvgIpc) is 3.38. The Bertz CT molecular complexity index is 2050. The number of sulfonamides is 1. The lowest BCUT2D eigenvalue weighted by atomic mass is 10.2. The van der Waals surface area contributed by atoms with Crippen LogP contribution in [0.1, 0.15) is 5.56 Å². The fraction of sp³-hybridized carbons (Fsp3) is 0.0370. The molecule has 13 heteroatoms. The number of imidazole rings is 1. The number of hydrogen-bond donors (Lipinski definition) is 2. The minimum atomic E-state index is -4.25. The second-order valence-electron chi connectivity index (χ2n) is 8.74. The minimum Gasteiger partial charge on any atom is -0.333 e. The molecule has 9 nitrogen and oxygen atoms in total. The summed E-state index contributed by atoms with van der Waals surface area (Å²) >= 11 is 6.06. The molecule has 6 rings (SSSR count). The Morgan fingerprint density at radius 1 is 0.900 bits per heavy atom. The first-order valence-corrected chi connectivity index (χ1v) is 13.7. The molecule has 0 aliphatic rings. The van der Waals surface area contributed by atoms with E-state index in [9.17, 15) is 12.8 Å². The monoisotopic (exact) mass is 577 g/mol. The maximum atomic E-state index is 15.6. The van der Waals surface area contributed by atoms with E-state index >= 15 is 4.39 Å². The van der Waals surface area contributed by atoms with Crippen molar-refractivity contribution >= 4 is 60.9 Å². The highest BCUT2D eigenvalue weighted by molar-refractivity contribution is 7.92. The van der Waals surface area contributed by atoms with Gasteiger partial charge in [0.1, 0.15) is 35.5 Å². The Hall–Kier alpha value is -4.68. The van der Waals surface area contributed by atoms with Gasteiger partial charge in [0.25, 0.3) is 10.0 Å². The number of rotatable bonds is 6. The first kappa shape index (κ1) is 25.6. The Morgan fingerprint density at radius 2 is 1.73 bits per heavy atom. The Labute approximate surface area is 231 Å². The maximum Gasteiger partial charge on any atom is 0.262 e. The molecule has 0 aliphatic heterocycles. The molecule has 2 N–H and O–H groups in total. The molecule has 3 heterocycles. The molecule has 0 amide bonds. The van der Waals surface area contributed by atoms with Gasteiger partial charge in [0.05, 0.1) is 27.1 Å².